The summed E-state index contributed by atoms with van der Waals surface area (Å²) in [4.78, 5) is 27.4. The number of esters is 1. The molecule has 24 heavy (non-hydrogen) atoms. The molecule has 0 radical (unpaired) electrons. The minimum Gasteiger partial charge on any atom is -0.494 e. The van der Waals surface area contributed by atoms with Crippen molar-refractivity contribution in [2.45, 2.75) is 18.9 Å². The Hall–Kier alpha value is -2.83. The molecule has 0 saturated carbocycles. The topological polar surface area (TPSA) is 86.8 Å². The number of benzene rings is 1. The van der Waals surface area contributed by atoms with E-state index >= 15 is 0 Å². The molecule has 1 N–H and O–H groups in total. The third-order valence-electron chi connectivity index (χ3n) is 3.91. The lowest BCUT2D eigenvalue weighted by atomic mass is 10.1. The maximum Gasteiger partial charge on any atom is 0.360 e. The number of pyridine rings is 1. The molecule has 1 aliphatic heterocycles. The molecular weight excluding hydrogens is 312 g/mol. The second-order valence-corrected chi connectivity index (χ2v) is 5.47. The van der Waals surface area contributed by atoms with Gasteiger partial charge in [0.25, 0.3) is 0 Å². The fraction of sp³-hybridized carbons (Fsp3) is 0.353. The molecule has 1 atom stereocenters. The van der Waals surface area contributed by atoms with Crippen molar-refractivity contribution in [3.8, 4) is 11.5 Å². The van der Waals surface area contributed by atoms with Crippen LogP contribution in [0.15, 0.2) is 24.3 Å². The number of ether oxygens (including phenoxy) is 3. The predicted octanol–water partition coefficient (Wildman–Crippen LogP) is 1.69. The zero-order valence-corrected chi connectivity index (χ0v) is 13.5. The molecule has 0 spiro atoms. The summed E-state index contributed by atoms with van der Waals surface area (Å²) in [6.45, 7) is 0.381. The molecular formula is C17H18N2O5. The van der Waals surface area contributed by atoms with Gasteiger partial charge in [0.1, 0.15) is 12.4 Å². The lowest BCUT2D eigenvalue weighted by Crippen LogP contribution is -2.30. The number of hydrogen-bond acceptors (Lipinski definition) is 6. The first kappa shape index (κ1) is 16.0. The highest BCUT2D eigenvalue weighted by molar-refractivity contribution is 5.96. The molecule has 1 fully saturated rings. The summed E-state index contributed by atoms with van der Waals surface area (Å²) in [6, 6.07) is 7.11. The largest absolute Gasteiger partial charge is 0.494 e. The number of methoxy groups -OCH3 is 2. The molecule has 7 heteroatoms. The summed E-state index contributed by atoms with van der Waals surface area (Å²) in [5, 5.41) is 3.59. The van der Waals surface area contributed by atoms with Crippen LogP contribution in [0.1, 0.15) is 23.3 Å². The number of carbonyl (C=O) groups excluding carboxylic acids is 2. The minimum absolute atomic E-state index is 0.0111. The molecule has 7 nitrogen and oxygen atoms in total. The smallest absolute Gasteiger partial charge is 0.360 e. The number of fused-ring (bicyclic) bond motifs is 1. The summed E-state index contributed by atoms with van der Waals surface area (Å²) in [5.41, 5.74) is 0.719. The van der Waals surface area contributed by atoms with Gasteiger partial charge in [-0.2, -0.15) is 0 Å². The average Bonchev–Trinajstić information content (AvgIpc) is 3.03. The molecule has 1 amide bonds. The number of nitrogens with one attached hydrogen (secondary N) is 1. The molecule has 1 aromatic carbocycles. The molecule has 1 aliphatic rings. The lowest BCUT2D eigenvalue weighted by Gasteiger charge is -2.14. The Kier molecular flexibility index (Phi) is 4.50. The van der Waals surface area contributed by atoms with Gasteiger partial charge in [-0.05, 0) is 24.6 Å². The van der Waals surface area contributed by atoms with Gasteiger partial charge >= 0.3 is 5.97 Å². The molecule has 0 bridgehead atoms. The van der Waals surface area contributed by atoms with Gasteiger partial charge in [0, 0.05) is 11.8 Å². The van der Waals surface area contributed by atoms with E-state index in [1.165, 1.54) is 14.2 Å². The van der Waals surface area contributed by atoms with Crippen molar-refractivity contribution in [2.24, 2.45) is 0 Å². The van der Waals surface area contributed by atoms with Crippen LogP contribution >= 0.6 is 0 Å². The van der Waals surface area contributed by atoms with Crippen molar-refractivity contribution in [1.29, 1.82) is 0 Å². The molecule has 1 aromatic heterocycles. The van der Waals surface area contributed by atoms with Gasteiger partial charge in [-0.3, -0.25) is 4.79 Å². The van der Waals surface area contributed by atoms with Crippen molar-refractivity contribution < 1.29 is 23.8 Å². The third-order valence-corrected chi connectivity index (χ3v) is 3.91. The second kappa shape index (κ2) is 6.74. The lowest BCUT2D eigenvalue weighted by molar-refractivity contribution is -0.119. The zero-order chi connectivity index (χ0) is 17.1. The Morgan fingerprint density at radius 1 is 1.33 bits per heavy atom. The van der Waals surface area contributed by atoms with Crippen LogP contribution in [-0.4, -0.2) is 43.7 Å². The first-order valence-corrected chi connectivity index (χ1v) is 7.60. The fourth-order valence-corrected chi connectivity index (χ4v) is 2.67. The highest BCUT2D eigenvalue weighted by Gasteiger charge is 2.22. The van der Waals surface area contributed by atoms with Gasteiger partial charge < -0.3 is 19.5 Å². The van der Waals surface area contributed by atoms with E-state index < -0.39 is 5.97 Å². The van der Waals surface area contributed by atoms with Crippen molar-refractivity contribution >= 4 is 22.8 Å². The SMILES string of the molecule is COC(=O)c1nc2cccc(OCC3CCC(=O)N3)c2cc1OC. The highest BCUT2D eigenvalue weighted by atomic mass is 16.5. The van der Waals surface area contributed by atoms with Crippen LogP contribution in [0.4, 0.5) is 0 Å². The Labute approximate surface area is 138 Å². The quantitative estimate of drug-likeness (QED) is 0.840. The number of amides is 1. The van der Waals surface area contributed by atoms with Gasteiger partial charge in [-0.1, -0.05) is 6.07 Å². The molecule has 1 unspecified atom stereocenters. The summed E-state index contributed by atoms with van der Waals surface area (Å²) in [5.74, 6) is 0.428. The third kappa shape index (κ3) is 3.10. The van der Waals surface area contributed by atoms with Gasteiger partial charge in [-0.15, -0.1) is 0 Å². The normalized spacial score (nSPS) is 16.8. The number of rotatable bonds is 5. The monoisotopic (exact) mass is 330 g/mol. The van der Waals surface area contributed by atoms with Crippen molar-refractivity contribution in [3.05, 3.63) is 30.0 Å². The van der Waals surface area contributed by atoms with Crippen molar-refractivity contribution in [3.63, 3.8) is 0 Å². The van der Waals surface area contributed by atoms with E-state index in [4.69, 9.17) is 14.2 Å². The first-order chi connectivity index (χ1) is 11.6. The van der Waals surface area contributed by atoms with E-state index in [1.807, 2.05) is 6.07 Å². The summed E-state index contributed by atoms with van der Waals surface area (Å²) < 4.78 is 15.8. The van der Waals surface area contributed by atoms with Crippen LogP contribution in [0.5, 0.6) is 11.5 Å². The second-order valence-electron chi connectivity index (χ2n) is 5.47. The summed E-state index contributed by atoms with van der Waals surface area (Å²) >= 11 is 0. The fourth-order valence-electron chi connectivity index (χ4n) is 2.67. The van der Waals surface area contributed by atoms with Crippen LogP contribution in [-0.2, 0) is 9.53 Å². The Balaban J connectivity index is 1.91. The van der Waals surface area contributed by atoms with E-state index in [2.05, 4.69) is 10.3 Å². The standard InChI is InChI=1S/C17H18N2O5/c1-22-14-8-11-12(19-16(14)17(21)23-2)4-3-5-13(11)24-9-10-6-7-15(20)18-10/h3-5,8,10H,6-7,9H2,1-2H3,(H,18,20). The molecule has 126 valence electrons. The van der Waals surface area contributed by atoms with E-state index in [0.29, 0.717) is 30.0 Å². The van der Waals surface area contributed by atoms with E-state index in [-0.39, 0.29) is 17.6 Å². The predicted molar refractivity (Wildman–Crippen MR) is 86.3 cm³/mol. The van der Waals surface area contributed by atoms with E-state index in [0.717, 1.165) is 11.8 Å². The summed E-state index contributed by atoms with van der Waals surface area (Å²) in [7, 11) is 2.76. The van der Waals surface area contributed by atoms with Gasteiger partial charge in [0.2, 0.25) is 5.91 Å². The Bertz CT molecular complexity index is 790. The zero-order valence-electron chi connectivity index (χ0n) is 13.5. The maximum absolute atomic E-state index is 11.8. The van der Waals surface area contributed by atoms with Gasteiger partial charge in [-0.25, -0.2) is 9.78 Å². The molecule has 2 heterocycles. The molecule has 3 rings (SSSR count). The molecule has 0 aliphatic carbocycles. The van der Waals surface area contributed by atoms with Crippen LogP contribution in [0.25, 0.3) is 10.9 Å². The van der Waals surface area contributed by atoms with Crippen LogP contribution in [0, 0.1) is 0 Å². The number of aromatic nitrogens is 1. The molecule has 2 aromatic rings. The van der Waals surface area contributed by atoms with Crippen molar-refractivity contribution in [2.75, 3.05) is 20.8 Å². The van der Waals surface area contributed by atoms with Crippen LogP contribution in [0.3, 0.4) is 0 Å². The molecule has 1 saturated heterocycles. The number of carbonyl (C=O) groups is 2. The number of hydrogen-bond donors (Lipinski definition) is 1. The van der Waals surface area contributed by atoms with Crippen molar-refractivity contribution in [1.82, 2.24) is 10.3 Å². The van der Waals surface area contributed by atoms with Gasteiger partial charge in [0.05, 0.1) is 25.8 Å². The van der Waals surface area contributed by atoms with E-state index in [9.17, 15) is 9.59 Å². The minimum atomic E-state index is -0.561. The average molecular weight is 330 g/mol. The Morgan fingerprint density at radius 2 is 2.17 bits per heavy atom. The number of nitrogens with zero attached hydrogens (tertiary/aromatic N) is 1. The summed E-state index contributed by atoms with van der Waals surface area (Å²) in [6.07, 6.45) is 1.29. The first-order valence-electron chi connectivity index (χ1n) is 7.60. The van der Waals surface area contributed by atoms with E-state index in [1.54, 1.807) is 18.2 Å². The van der Waals surface area contributed by atoms with Gasteiger partial charge in [0.15, 0.2) is 11.4 Å². The highest BCUT2D eigenvalue weighted by Crippen LogP contribution is 2.30. The van der Waals surface area contributed by atoms with Crippen LogP contribution in [0.2, 0.25) is 0 Å². The Morgan fingerprint density at radius 3 is 2.83 bits per heavy atom. The van der Waals surface area contributed by atoms with Crippen LogP contribution < -0.4 is 14.8 Å². The maximum atomic E-state index is 11.8.